The van der Waals surface area contributed by atoms with E-state index in [1.807, 2.05) is 54.6 Å². The topological polar surface area (TPSA) is 65.2 Å². The third-order valence-electron chi connectivity index (χ3n) is 4.16. The van der Waals surface area contributed by atoms with E-state index in [2.05, 4.69) is 10.3 Å². The van der Waals surface area contributed by atoms with Gasteiger partial charge in [-0.05, 0) is 29.1 Å². The van der Waals surface area contributed by atoms with Gasteiger partial charge in [0.05, 0.1) is 6.42 Å². The number of nitrogens with zero attached hydrogens (tertiary/aromatic N) is 1. The summed E-state index contributed by atoms with van der Waals surface area (Å²) in [7, 11) is 3.49. The van der Waals surface area contributed by atoms with Crippen LogP contribution in [-0.2, 0) is 17.8 Å². The maximum Gasteiger partial charge on any atom is 0.253 e. The Labute approximate surface area is 146 Å². The number of benzene rings is 2. The summed E-state index contributed by atoms with van der Waals surface area (Å²) in [5.41, 5.74) is 3.16. The molecule has 0 saturated heterocycles. The molecule has 25 heavy (non-hydrogen) atoms. The molecular formula is C20H21N3O2. The molecule has 0 bridgehead atoms. The molecule has 2 aromatic carbocycles. The van der Waals surface area contributed by atoms with Crippen LogP contribution in [0.1, 0.15) is 11.1 Å². The van der Waals surface area contributed by atoms with Crippen LogP contribution < -0.4 is 10.9 Å². The highest BCUT2D eigenvalue weighted by Crippen LogP contribution is 2.18. The minimum atomic E-state index is -0.104. The summed E-state index contributed by atoms with van der Waals surface area (Å²) in [6.45, 7) is 0.396. The molecule has 1 heterocycles. The van der Waals surface area contributed by atoms with Crippen molar-refractivity contribution in [3.63, 3.8) is 0 Å². The molecule has 0 fully saturated rings. The van der Waals surface area contributed by atoms with Crippen LogP contribution in [0.3, 0.4) is 0 Å². The number of nitrogens with one attached hydrogen (secondary N) is 2. The van der Waals surface area contributed by atoms with Crippen molar-refractivity contribution in [2.75, 3.05) is 19.4 Å². The van der Waals surface area contributed by atoms with Crippen molar-refractivity contribution >= 4 is 22.5 Å². The molecule has 0 aliphatic carbocycles. The molecule has 1 aromatic heterocycles. The second kappa shape index (κ2) is 7.21. The monoisotopic (exact) mass is 335 g/mol. The Morgan fingerprint density at radius 2 is 1.76 bits per heavy atom. The van der Waals surface area contributed by atoms with E-state index < -0.39 is 0 Å². The summed E-state index contributed by atoms with van der Waals surface area (Å²) in [5.74, 6) is 0.0396. The lowest BCUT2D eigenvalue weighted by molar-refractivity contribution is -0.127. The number of H-pyrrole nitrogens is 1. The molecular weight excluding hydrogens is 314 g/mol. The first kappa shape index (κ1) is 16.8. The van der Waals surface area contributed by atoms with Crippen LogP contribution in [0.4, 0.5) is 5.69 Å². The molecule has 0 aliphatic heterocycles. The summed E-state index contributed by atoms with van der Waals surface area (Å²) in [6.07, 6.45) is 0.324. The van der Waals surface area contributed by atoms with Crippen molar-refractivity contribution in [2.45, 2.75) is 13.0 Å². The fraction of sp³-hybridized carbons (Fsp3) is 0.200. The normalized spacial score (nSPS) is 10.6. The van der Waals surface area contributed by atoms with E-state index in [0.29, 0.717) is 18.5 Å². The third-order valence-corrected chi connectivity index (χ3v) is 4.16. The van der Waals surface area contributed by atoms with E-state index in [0.717, 1.165) is 22.2 Å². The second-order valence-electron chi connectivity index (χ2n) is 6.19. The smallest absolute Gasteiger partial charge is 0.253 e. The quantitative estimate of drug-likeness (QED) is 0.753. The van der Waals surface area contributed by atoms with Crippen molar-refractivity contribution in [3.8, 4) is 0 Å². The van der Waals surface area contributed by atoms with Crippen LogP contribution >= 0.6 is 0 Å². The number of amides is 1. The Balaban J connectivity index is 1.81. The summed E-state index contributed by atoms with van der Waals surface area (Å²) in [5, 5.41) is 4.28. The fourth-order valence-corrected chi connectivity index (χ4v) is 2.68. The molecule has 0 spiro atoms. The van der Waals surface area contributed by atoms with Gasteiger partial charge in [0.15, 0.2) is 0 Å². The van der Waals surface area contributed by atoms with Gasteiger partial charge >= 0.3 is 0 Å². The molecule has 0 atom stereocenters. The molecule has 5 heteroatoms. The van der Waals surface area contributed by atoms with Crippen molar-refractivity contribution in [1.29, 1.82) is 0 Å². The second-order valence-corrected chi connectivity index (χ2v) is 6.19. The number of likely N-dealkylation sites (N-methyl/N-ethyl adjacent to an activating group) is 1. The van der Waals surface area contributed by atoms with Gasteiger partial charge < -0.3 is 15.2 Å². The number of hydrogen-bond acceptors (Lipinski definition) is 3. The standard InChI is InChI=1S/C20H21N3O2/c1-23(2)19(24)12-15-8-3-5-9-17(15)21-13-16-11-14-7-4-6-10-18(14)22-20(16)25/h3-11,21H,12-13H2,1-2H3,(H,22,25). The van der Waals surface area contributed by atoms with Gasteiger partial charge in [-0.15, -0.1) is 0 Å². The number of aromatic amines is 1. The summed E-state index contributed by atoms with van der Waals surface area (Å²) < 4.78 is 0. The highest BCUT2D eigenvalue weighted by atomic mass is 16.2. The minimum absolute atomic E-state index is 0.0396. The van der Waals surface area contributed by atoms with E-state index in [1.54, 1.807) is 19.0 Å². The number of aromatic nitrogens is 1. The van der Waals surface area contributed by atoms with Gasteiger partial charge in [0, 0.05) is 37.4 Å². The minimum Gasteiger partial charge on any atom is -0.381 e. The maximum atomic E-state index is 12.3. The molecule has 0 aliphatic rings. The van der Waals surface area contributed by atoms with E-state index in [4.69, 9.17) is 0 Å². The zero-order valence-electron chi connectivity index (χ0n) is 14.4. The van der Waals surface area contributed by atoms with Gasteiger partial charge in [0.1, 0.15) is 0 Å². The zero-order chi connectivity index (χ0) is 17.8. The lowest BCUT2D eigenvalue weighted by Gasteiger charge is -2.14. The van der Waals surface area contributed by atoms with Gasteiger partial charge in [-0.2, -0.15) is 0 Å². The van der Waals surface area contributed by atoms with Crippen LogP contribution in [0.2, 0.25) is 0 Å². The molecule has 5 nitrogen and oxygen atoms in total. The molecule has 128 valence electrons. The van der Waals surface area contributed by atoms with Crippen LogP contribution in [0.5, 0.6) is 0 Å². The zero-order valence-corrected chi connectivity index (χ0v) is 14.4. The Morgan fingerprint density at radius 1 is 1.04 bits per heavy atom. The summed E-state index contributed by atoms with van der Waals surface area (Å²) in [6, 6.07) is 17.3. The van der Waals surface area contributed by atoms with E-state index >= 15 is 0 Å². The number of rotatable bonds is 5. The lowest BCUT2D eigenvalue weighted by Crippen LogP contribution is -2.24. The Kier molecular flexibility index (Phi) is 4.84. The van der Waals surface area contributed by atoms with Gasteiger partial charge in [-0.3, -0.25) is 9.59 Å². The SMILES string of the molecule is CN(C)C(=O)Cc1ccccc1NCc1cc2ccccc2[nH]c1=O. The summed E-state index contributed by atoms with van der Waals surface area (Å²) >= 11 is 0. The van der Waals surface area contributed by atoms with Gasteiger partial charge in [0.2, 0.25) is 5.91 Å². The molecule has 2 N–H and O–H groups in total. The van der Waals surface area contributed by atoms with E-state index in [1.165, 1.54) is 0 Å². The van der Waals surface area contributed by atoms with Crippen molar-refractivity contribution in [1.82, 2.24) is 9.88 Å². The maximum absolute atomic E-state index is 12.3. The lowest BCUT2D eigenvalue weighted by atomic mass is 10.1. The highest BCUT2D eigenvalue weighted by molar-refractivity contribution is 5.80. The molecule has 3 rings (SSSR count). The molecule has 3 aromatic rings. The molecule has 0 radical (unpaired) electrons. The van der Waals surface area contributed by atoms with Crippen LogP contribution in [0.25, 0.3) is 10.9 Å². The third kappa shape index (κ3) is 3.88. The van der Waals surface area contributed by atoms with E-state index in [9.17, 15) is 9.59 Å². The van der Waals surface area contributed by atoms with Crippen molar-refractivity contribution in [2.24, 2.45) is 0 Å². The Bertz CT molecular complexity index is 960. The van der Waals surface area contributed by atoms with Crippen LogP contribution in [0, 0.1) is 0 Å². The molecule has 0 unspecified atom stereocenters. The van der Waals surface area contributed by atoms with Gasteiger partial charge in [-0.25, -0.2) is 0 Å². The number of hydrogen-bond donors (Lipinski definition) is 2. The van der Waals surface area contributed by atoms with Crippen LogP contribution in [0.15, 0.2) is 59.4 Å². The average Bonchev–Trinajstić information content (AvgIpc) is 2.61. The Morgan fingerprint density at radius 3 is 2.56 bits per heavy atom. The fourth-order valence-electron chi connectivity index (χ4n) is 2.68. The largest absolute Gasteiger partial charge is 0.381 e. The number of carbonyl (C=O) groups excluding carboxylic acids is 1. The Hall–Kier alpha value is -3.08. The average molecular weight is 335 g/mol. The number of para-hydroxylation sites is 2. The number of anilines is 1. The van der Waals surface area contributed by atoms with Gasteiger partial charge in [0.25, 0.3) is 5.56 Å². The van der Waals surface area contributed by atoms with E-state index in [-0.39, 0.29) is 11.5 Å². The first-order valence-electron chi connectivity index (χ1n) is 8.17. The van der Waals surface area contributed by atoms with Crippen molar-refractivity contribution in [3.05, 3.63) is 76.1 Å². The van der Waals surface area contributed by atoms with Gasteiger partial charge in [-0.1, -0.05) is 36.4 Å². The predicted octanol–water partition coefficient (Wildman–Crippen LogP) is 2.77. The highest BCUT2D eigenvalue weighted by Gasteiger charge is 2.10. The molecule has 1 amide bonds. The predicted molar refractivity (Wildman–Crippen MR) is 101 cm³/mol. The first-order chi connectivity index (χ1) is 12.0. The molecule has 0 saturated carbocycles. The summed E-state index contributed by atoms with van der Waals surface area (Å²) in [4.78, 5) is 28.7. The number of fused-ring (bicyclic) bond motifs is 1. The first-order valence-corrected chi connectivity index (χ1v) is 8.17. The van der Waals surface area contributed by atoms with Crippen LogP contribution in [-0.4, -0.2) is 29.9 Å². The van der Waals surface area contributed by atoms with Crippen molar-refractivity contribution < 1.29 is 4.79 Å². The number of carbonyl (C=O) groups is 1. The number of pyridine rings is 1.